The van der Waals surface area contributed by atoms with Crippen molar-refractivity contribution in [1.82, 2.24) is 0 Å². The van der Waals surface area contributed by atoms with Crippen LogP contribution in [0.2, 0.25) is 0 Å². The Hall–Kier alpha value is -2.87. The number of carbonyl (C=O) groups excluding carboxylic acids is 1. The zero-order chi connectivity index (χ0) is 20.0. The predicted molar refractivity (Wildman–Crippen MR) is 103 cm³/mol. The monoisotopic (exact) mass is 390 g/mol. The van der Waals surface area contributed by atoms with Crippen molar-refractivity contribution >= 4 is 39.1 Å². The standard InChI is InChI=1S/C19H19FN2O4S/c1-5-12-10-14(21-27(4,24)25)11-16-17(12)22(18(23)19(2,3)26-16)15-8-6-13(20)7-9-15/h5-11,21H,1H2,2-4H3. The van der Waals surface area contributed by atoms with E-state index in [1.54, 1.807) is 19.9 Å². The molecule has 0 aromatic heterocycles. The average Bonchev–Trinajstić information content (AvgIpc) is 2.55. The predicted octanol–water partition coefficient (Wildman–Crippen LogP) is 3.68. The van der Waals surface area contributed by atoms with Crippen LogP contribution in [0, 0.1) is 5.82 Å². The van der Waals surface area contributed by atoms with Gasteiger partial charge in [-0.1, -0.05) is 12.7 Å². The van der Waals surface area contributed by atoms with Crippen LogP contribution in [0.1, 0.15) is 19.4 Å². The Morgan fingerprint density at radius 1 is 1.22 bits per heavy atom. The van der Waals surface area contributed by atoms with Gasteiger partial charge in [0.1, 0.15) is 11.6 Å². The van der Waals surface area contributed by atoms with Gasteiger partial charge in [0.2, 0.25) is 10.0 Å². The number of halogens is 1. The van der Waals surface area contributed by atoms with Crippen LogP contribution in [0.15, 0.2) is 43.0 Å². The Labute approximate surface area is 157 Å². The van der Waals surface area contributed by atoms with Crippen molar-refractivity contribution in [2.75, 3.05) is 15.9 Å². The number of hydrogen-bond donors (Lipinski definition) is 1. The topological polar surface area (TPSA) is 75.7 Å². The lowest BCUT2D eigenvalue weighted by molar-refractivity contribution is -0.131. The van der Waals surface area contributed by atoms with E-state index in [0.29, 0.717) is 22.7 Å². The molecule has 0 fully saturated rings. The molecule has 1 N–H and O–H groups in total. The summed E-state index contributed by atoms with van der Waals surface area (Å²) >= 11 is 0. The summed E-state index contributed by atoms with van der Waals surface area (Å²) in [7, 11) is -3.50. The number of benzene rings is 2. The molecule has 1 aliphatic rings. The first-order valence-electron chi connectivity index (χ1n) is 8.09. The van der Waals surface area contributed by atoms with Gasteiger partial charge in [-0.05, 0) is 44.2 Å². The van der Waals surface area contributed by atoms with Crippen LogP contribution in [0.25, 0.3) is 6.08 Å². The van der Waals surface area contributed by atoms with E-state index in [9.17, 15) is 17.6 Å². The number of ether oxygens (including phenoxy) is 1. The second-order valence-electron chi connectivity index (χ2n) is 6.72. The van der Waals surface area contributed by atoms with E-state index in [1.165, 1.54) is 41.3 Å². The summed E-state index contributed by atoms with van der Waals surface area (Å²) < 4.78 is 44.8. The normalized spacial score (nSPS) is 15.7. The molecule has 1 amide bonds. The molecule has 0 saturated carbocycles. The van der Waals surface area contributed by atoms with Gasteiger partial charge in [0.25, 0.3) is 5.91 Å². The van der Waals surface area contributed by atoms with E-state index >= 15 is 0 Å². The third-order valence-electron chi connectivity index (χ3n) is 4.02. The van der Waals surface area contributed by atoms with Crippen molar-refractivity contribution in [3.05, 3.63) is 54.4 Å². The number of anilines is 3. The molecule has 142 valence electrons. The highest BCUT2D eigenvalue weighted by Crippen LogP contribution is 2.46. The summed E-state index contributed by atoms with van der Waals surface area (Å²) in [5, 5.41) is 0. The highest BCUT2D eigenvalue weighted by molar-refractivity contribution is 7.92. The Morgan fingerprint density at radius 2 is 1.85 bits per heavy atom. The molecule has 2 aromatic carbocycles. The fourth-order valence-electron chi connectivity index (χ4n) is 2.90. The molecule has 0 aliphatic carbocycles. The summed E-state index contributed by atoms with van der Waals surface area (Å²) in [6.45, 7) is 6.97. The Kier molecular flexibility index (Phi) is 4.47. The van der Waals surface area contributed by atoms with Crippen LogP contribution >= 0.6 is 0 Å². The molecule has 0 unspecified atom stereocenters. The number of hydrogen-bond acceptors (Lipinski definition) is 4. The molecule has 3 rings (SSSR count). The van der Waals surface area contributed by atoms with Gasteiger partial charge >= 0.3 is 0 Å². The van der Waals surface area contributed by atoms with E-state index in [4.69, 9.17) is 4.74 Å². The molecule has 0 atom stereocenters. The third-order valence-corrected chi connectivity index (χ3v) is 4.63. The van der Waals surface area contributed by atoms with Gasteiger partial charge in [0, 0.05) is 17.3 Å². The van der Waals surface area contributed by atoms with E-state index in [-0.39, 0.29) is 11.6 Å². The Balaban J connectivity index is 2.25. The molecule has 0 radical (unpaired) electrons. The van der Waals surface area contributed by atoms with E-state index in [0.717, 1.165) is 6.26 Å². The largest absolute Gasteiger partial charge is 0.476 e. The van der Waals surface area contributed by atoms with Crippen molar-refractivity contribution in [3.8, 4) is 5.75 Å². The van der Waals surface area contributed by atoms with Crippen molar-refractivity contribution < 1.29 is 22.3 Å². The van der Waals surface area contributed by atoms with Gasteiger partial charge < -0.3 is 4.74 Å². The minimum Gasteiger partial charge on any atom is -0.476 e. The van der Waals surface area contributed by atoms with Gasteiger partial charge in [-0.15, -0.1) is 0 Å². The van der Waals surface area contributed by atoms with Crippen molar-refractivity contribution in [2.24, 2.45) is 0 Å². The van der Waals surface area contributed by atoms with Crippen LogP contribution in [-0.4, -0.2) is 26.2 Å². The van der Waals surface area contributed by atoms with Crippen LogP contribution in [0.3, 0.4) is 0 Å². The molecule has 0 bridgehead atoms. The summed E-state index contributed by atoms with van der Waals surface area (Å²) in [6, 6.07) is 8.57. The maximum atomic E-state index is 13.3. The quantitative estimate of drug-likeness (QED) is 0.864. The van der Waals surface area contributed by atoms with Gasteiger partial charge in [-0.2, -0.15) is 0 Å². The molecule has 1 aliphatic heterocycles. The van der Waals surface area contributed by atoms with E-state index in [1.807, 2.05) is 0 Å². The number of amides is 1. The SMILES string of the molecule is C=Cc1cc(NS(C)(=O)=O)cc2c1N(c1ccc(F)cc1)C(=O)C(C)(C)O2. The molecular formula is C19H19FN2O4S. The minimum absolute atomic E-state index is 0.287. The molecule has 0 spiro atoms. The smallest absolute Gasteiger partial charge is 0.275 e. The molecule has 8 heteroatoms. The zero-order valence-electron chi connectivity index (χ0n) is 15.1. The first kappa shape index (κ1) is 18.9. The molecule has 0 saturated heterocycles. The molecule has 6 nitrogen and oxygen atoms in total. The van der Waals surface area contributed by atoms with Crippen LogP contribution < -0.4 is 14.4 Å². The van der Waals surface area contributed by atoms with Crippen LogP contribution in [0.5, 0.6) is 5.75 Å². The fraction of sp³-hybridized carbons (Fsp3) is 0.211. The number of sulfonamides is 1. The molecule has 2 aromatic rings. The minimum atomic E-state index is -3.50. The lowest BCUT2D eigenvalue weighted by Gasteiger charge is -2.39. The van der Waals surface area contributed by atoms with Gasteiger partial charge in [-0.3, -0.25) is 14.4 Å². The first-order valence-corrected chi connectivity index (χ1v) is 9.98. The lowest BCUT2D eigenvalue weighted by Crippen LogP contribution is -2.50. The second kappa shape index (κ2) is 6.38. The Bertz CT molecular complexity index is 1030. The van der Waals surface area contributed by atoms with Gasteiger partial charge in [0.15, 0.2) is 5.60 Å². The maximum absolute atomic E-state index is 13.3. The number of fused-ring (bicyclic) bond motifs is 1. The van der Waals surface area contributed by atoms with Crippen LogP contribution in [-0.2, 0) is 14.8 Å². The molecule has 1 heterocycles. The summed E-state index contributed by atoms with van der Waals surface area (Å²) in [5.74, 6) is -0.448. The highest BCUT2D eigenvalue weighted by atomic mass is 32.2. The summed E-state index contributed by atoms with van der Waals surface area (Å²) in [4.78, 5) is 14.5. The van der Waals surface area contributed by atoms with Crippen molar-refractivity contribution in [2.45, 2.75) is 19.4 Å². The van der Waals surface area contributed by atoms with Crippen LogP contribution in [0.4, 0.5) is 21.5 Å². The number of rotatable bonds is 4. The second-order valence-corrected chi connectivity index (χ2v) is 8.47. The first-order chi connectivity index (χ1) is 12.5. The lowest BCUT2D eigenvalue weighted by atomic mass is 9.99. The maximum Gasteiger partial charge on any atom is 0.275 e. The fourth-order valence-corrected chi connectivity index (χ4v) is 3.45. The van der Waals surface area contributed by atoms with Crippen molar-refractivity contribution in [1.29, 1.82) is 0 Å². The molecular weight excluding hydrogens is 371 g/mol. The third kappa shape index (κ3) is 3.66. The number of nitrogens with one attached hydrogen (secondary N) is 1. The average molecular weight is 390 g/mol. The van der Waals surface area contributed by atoms with Gasteiger partial charge in [-0.25, -0.2) is 12.8 Å². The summed E-state index contributed by atoms with van der Waals surface area (Å²) in [6.07, 6.45) is 2.54. The van der Waals surface area contributed by atoms with E-state index in [2.05, 4.69) is 11.3 Å². The van der Waals surface area contributed by atoms with Crippen molar-refractivity contribution in [3.63, 3.8) is 0 Å². The number of carbonyl (C=O) groups is 1. The zero-order valence-corrected chi connectivity index (χ0v) is 15.9. The number of nitrogens with zero attached hydrogens (tertiary/aromatic N) is 1. The summed E-state index contributed by atoms with van der Waals surface area (Å²) in [5.41, 5.74) is 0.455. The van der Waals surface area contributed by atoms with E-state index < -0.39 is 21.4 Å². The Morgan fingerprint density at radius 3 is 2.41 bits per heavy atom. The van der Waals surface area contributed by atoms with Gasteiger partial charge in [0.05, 0.1) is 17.6 Å². The molecule has 27 heavy (non-hydrogen) atoms. The highest BCUT2D eigenvalue weighted by Gasteiger charge is 2.42.